The number of methoxy groups -OCH3 is 1. The lowest BCUT2D eigenvalue weighted by Crippen LogP contribution is -2.62. The van der Waals surface area contributed by atoms with E-state index in [0.717, 1.165) is 102 Å². The molecule has 288 valence electrons. The average Bonchev–Trinajstić information content (AvgIpc) is 3.27. The van der Waals surface area contributed by atoms with E-state index in [1.807, 2.05) is 32.2 Å². The van der Waals surface area contributed by atoms with Crippen molar-refractivity contribution < 1.29 is 27.4 Å². The van der Waals surface area contributed by atoms with Gasteiger partial charge in [-0.1, -0.05) is 43.7 Å². The third kappa shape index (κ3) is 7.38. The first kappa shape index (κ1) is 37.3. The molecule has 0 unspecified atom stereocenters. The molecule has 2 bridgehead atoms. The van der Waals surface area contributed by atoms with Crippen molar-refractivity contribution in [2.24, 2.45) is 23.7 Å². The number of nitrogens with one attached hydrogen (secondary N) is 1. The van der Waals surface area contributed by atoms with Gasteiger partial charge in [-0.05, 0) is 97.2 Å². The number of carbonyl (C=O) groups is 1. The molecule has 0 radical (unpaired) electrons. The van der Waals surface area contributed by atoms with Gasteiger partial charge in [0, 0.05) is 75.0 Å². The Hall–Kier alpha value is -2.67. The number of allylic oxidation sites excluding steroid dienone is 1. The molecular weight excluding hydrogens is 712 g/mol. The number of rotatable bonds is 3. The van der Waals surface area contributed by atoms with E-state index in [4.69, 9.17) is 25.8 Å². The molecule has 2 aromatic rings. The lowest BCUT2D eigenvalue weighted by atomic mass is 9.63. The molecule has 1 N–H and O–H groups in total. The normalized spacial score (nSPS) is 35.4. The van der Waals surface area contributed by atoms with Crippen molar-refractivity contribution in [2.45, 2.75) is 63.0 Å². The number of benzene rings is 2. The minimum atomic E-state index is -3.91. The Bertz CT molecular complexity index is 1840. The number of amides is 1. The first-order chi connectivity index (χ1) is 25.5. The number of sulfonamides is 1. The number of anilines is 1. The van der Waals surface area contributed by atoms with Gasteiger partial charge < -0.3 is 19.1 Å². The quantitative estimate of drug-likeness (QED) is 0.426. The van der Waals surface area contributed by atoms with Gasteiger partial charge in [-0.25, -0.2) is 13.1 Å². The highest BCUT2D eigenvalue weighted by Crippen LogP contribution is 2.49. The fourth-order valence-electron chi connectivity index (χ4n) is 10.1. The fourth-order valence-corrected chi connectivity index (χ4v) is 11.8. The number of piperazine rings is 1. The van der Waals surface area contributed by atoms with Gasteiger partial charge >= 0.3 is 0 Å². The van der Waals surface area contributed by atoms with E-state index in [0.29, 0.717) is 29.9 Å². The molecule has 53 heavy (non-hydrogen) atoms. The van der Waals surface area contributed by atoms with Crippen LogP contribution in [0.4, 0.5) is 5.69 Å². The summed E-state index contributed by atoms with van der Waals surface area (Å²) in [5, 5.41) is 0.747. The van der Waals surface area contributed by atoms with Crippen LogP contribution in [0.1, 0.15) is 61.0 Å². The summed E-state index contributed by atoms with van der Waals surface area (Å²) in [5.41, 5.74) is 2.87. The van der Waals surface area contributed by atoms with Crippen LogP contribution < -0.4 is 14.4 Å². The van der Waals surface area contributed by atoms with Crippen molar-refractivity contribution in [2.75, 3.05) is 83.4 Å². The highest BCUT2D eigenvalue weighted by molar-refractivity contribution is 7.90. The zero-order valence-electron chi connectivity index (χ0n) is 31.4. The minimum Gasteiger partial charge on any atom is -0.490 e. The van der Waals surface area contributed by atoms with E-state index in [2.05, 4.69) is 50.6 Å². The van der Waals surface area contributed by atoms with Crippen molar-refractivity contribution in [3.63, 3.8) is 0 Å². The second-order valence-electron chi connectivity index (χ2n) is 16.8. The molecule has 0 aromatic heterocycles. The van der Waals surface area contributed by atoms with Gasteiger partial charge in [0.25, 0.3) is 5.91 Å². The largest absolute Gasteiger partial charge is 0.490 e. The molecular formula is C41H55ClN4O6S. The first-order valence-corrected chi connectivity index (χ1v) is 21.6. The second-order valence-corrected chi connectivity index (χ2v) is 19.0. The van der Waals surface area contributed by atoms with E-state index in [-0.39, 0.29) is 28.9 Å². The number of aryl methyl sites for hydroxylation is 1. The fraction of sp³-hybridized carbons (Fsp3) is 0.634. The van der Waals surface area contributed by atoms with E-state index >= 15 is 0 Å². The molecule has 2 aromatic carbocycles. The molecule has 1 spiro atoms. The van der Waals surface area contributed by atoms with Crippen molar-refractivity contribution in [3.05, 3.63) is 70.3 Å². The smallest absolute Gasteiger partial charge is 0.264 e. The molecule has 4 aliphatic heterocycles. The molecule has 2 aliphatic carbocycles. The van der Waals surface area contributed by atoms with E-state index < -0.39 is 21.5 Å². The summed E-state index contributed by atoms with van der Waals surface area (Å²) in [7, 11) is -2.06. The van der Waals surface area contributed by atoms with Crippen LogP contribution in [0.25, 0.3) is 0 Å². The highest BCUT2D eigenvalue weighted by Gasteiger charge is 2.50. The Kier molecular flexibility index (Phi) is 10.4. The summed E-state index contributed by atoms with van der Waals surface area (Å²) in [5.74, 6) is 0.234. The number of carbonyl (C=O) groups excluding carboxylic acids is 1. The van der Waals surface area contributed by atoms with Crippen LogP contribution in [0.5, 0.6) is 5.75 Å². The summed E-state index contributed by atoms with van der Waals surface area (Å²) < 4.78 is 48.6. The monoisotopic (exact) mass is 766 g/mol. The van der Waals surface area contributed by atoms with Crippen molar-refractivity contribution in [1.82, 2.24) is 14.5 Å². The number of morpholine rings is 1. The standard InChI is InChI=1S/C41H55ClN4O6S/c1-28-12-14-41(50-3,26-44-15-16-45-17-18-51-23-34(45)22-44)36-9-6-32(36)21-46-25-40(13-4-5-30-19-33(42)8-10-35(30)40)27-52-38-11-7-31(20-37(38)46)39(47)43-53(48,49)24-29(28)2/h7-8,10-12,14,19-20,28-29,32,34,36H,4-6,9,13,15-18,21-27H2,1-3H3,(H,43,47)/b14-12-/t28-,29+,32-,34-,36+,40-,41+/m0/s1. The minimum absolute atomic E-state index is 0.0559. The molecule has 2 saturated heterocycles. The molecule has 10 nitrogen and oxygen atoms in total. The number of nitrogens with zero attached hydrogens (tertiary/aromatic N) is 3. The van der Waals surface area contributed by atoms with Gasteiger partial charge in [-0.2, -0.15) is 0 Å². The van der Waals surface area contributed by atoms with Crippen LogP contribution in [0.15, 0.2) is 48.6 Å². The molecule has 7 atom stereocenters. The van der Waals surface area contributed by atoms with Gasteiger partial charge in [-0.15, -0.1) is 0 Å². The van der Waals surface area contributed by atoms with E-state index in [9.17, 15) is 13.2 Å². The summed E-state index contributed by atoms with van der Waals surface area (Å²) in [6.45, 7) is 12.2. The van der Waals surface area contributed by atoms with Crippen LogP contribution >= 0.6 is 11.6 Å². The Morgan fingerprint density at radius 1 is 1.08 bits per heavy atom. The van der Waals surface area contributed by atoms with Crippen molar-refractivity contribution in [3.8, 4) is 5.75 Å². The summed E-state index contributed by atoms with van der Waals surface area (Å²) in [6, 6.07) is 12.0. The molecule has 3 fully saturated rings. The molecule has 1 saturated carbocycles. The van der Waals surface area contributed by atoms with Gasteiger partial charge in [0.1, 0.15) is 11.4 Å². The SMILES string of the molecule is CO[C@@]1(CN2CCN3CCOC[C@@H]3C2)/C=C\[C@H](C)[C@H](C)CS(=O)(=O)NC(=O)c2ccc3c(c2)N(C[C@@H]2CC[C@H]21)C[C@@]1(CCCc2cc(Cl)ccc21)CO3. The van der Waals surface area contributed by atoms with Crippen LogP contribution in [-0.2, 0) is 31.3 Å². The van der Waals surface area contributed by atoms with E-state index in [1.54, 1.807) is 6.07 Å². The third-order valence-electron chi connectivity index (χ3n) is 13.5. The maximum absolute atomic E-state index is 13.6. The third-order valence-corrected chi connectivity index (χ3v) is 15.2. The van der Waals surface area contributed by atoms with Crippen LogP contribution in [0.3, 0.4) is 0 Å². The van der Waals surface area contributed by atoms with Crippen LogP contribution in [0, 0.1) is 23.7 Å². The van der Waals surface area contributed by atoms with Crippen LogP contribution in [-0.4, -0.2) is 114 Å². The Balaban J connectivity index is 1.19. The predicted octanol–water partition coefficient (Wildman–Crippen LogP) is 5.14. The number of halogens is 1. The highest BCUT2D eigenvalue weighted by atomic mass is 35.5. The first-order valence-electron chi connectivity index (χ1n) is 19.6. The number of ether oxygens (including phenoxy) is 3. The topological polar surface area (TPSA) is 101 Å². The lowest BCUT2D eigenvalue weighted by Gasteiger charge is -2.53. The van der Waals surface area contributed by atoms with Gasteiger partial charge in [-0.3, -0.25) is 14.6 Å². The number of hydrogen-bond donors (Lipinski definition) is 1. The van der Waals surface area contributed by atoms with Crippen molar-refractivity contribution >= 4 is 33.2 Å². The molecule has 8 rings (SSSR count). The summed E-state index contributed by atoms with van der Waals surface area (Å²) in [6.07, 6.45) is 9.55. The average molecular weight is 767 g/mol. The molecule has 6 aliphatic rings. The summed E-state index contributed by atoms with van der Waals surface area (Å²) in [4.78, 5) is 21.2. The molecule has 12 heteroatoms. The zero-order chi connectivity index (χ0) is 37.0. The zero-order valence-corrected chi connectivity index (χ0v) is 33.0. The lowest BCUT2D eigenvalue weighted by molar-refractivity contribution is -0.108. The van der Waals surface area contributed by atoms with Gasteiger partial charge in [0.15, 0.2) is 0 Å². The van der Waals surface area contributed by atoms with E-state index in [1.165, 1.54) is 11.1 Å². The predicted molar refractivity (Wildman–Crippen MR) is 208 cm³/mol. The number of hydrogen-bond acceptors (Lipinski definition) is 9. The number of fused-ring (bicyclic) bond motifs is 5. The van der Waals surface area contributed by atoms with Crippen LogP contribution in [0.2, 0.25) is 5.02 Å². The second kappa shape index (κ2) is 14.8. The maximum atomic E-state index is 13.6. The maximum Gasteiger partial charge on any atom is 0.264 e. The van der Waals surface area contributed by atoms with Gasteiger partial charge in [0.2, 0.25) is 10.0 Å². The Labute approximate surface area is 320 Å². The Morgan fingerprint density at radius 3 is 2.75 bits per heavy atom. The molecule has 4 heterocycles. The Morgan fingerprint density at radius 2 is 1.94 bits per heavy atom. The van der Waals surface area contributed by atoms with Gasteiger partial charge in [0.05, 0.1) is 31.3 Å². The summed E-state index contributed by atoms with van der Waals surface area (Å²) >= 11 is 6.51. The molecule has 1 amide bonds. The van der Waals surface area contributed by atoms with Crippen molar-refractivity contribution in [1.29, 1.82) is 0 Å².